The Bertz CT molecular complexity index is 497. The van der Waals surface area contributed by atoms with Gasteiger partial charge in [-0.3, -0.25) is 5.43 Å². The molecule has 2 aromatic heterocycles. The topological polar surface area (TPSA) is 89.6 Å². The van der Waals surface area contributed by atoms with Crippen molar-refractivity contribution in [3.63, 3.8) is 0 Å². The minimum absolute atomic E-state index is 0.398. The molecule has 0 amide bonds. The second kappa shape index (κ2) is 4.73. The number of hydrogen-bond acceptors (Lipinski definition) is 8. The SMILES string of the molecule is Cc1nsc(Sc2nc(NN)ncc2C)n1. The molecular formula is C8H10N6S2. The second-order valence-electron chi connectivity index (χ2n) is 3.04. The van der Waals surface area contributed by atoms with Gasteiger partial charge in [-0.2, -0.15) is 4.37 Å². The zero-order valence-corrected chi connectivity index (χ0v) is 10.4. The largest absolute Gasteiger partial charge is 0.292 e. The van der Waals surface area contributed by atoms with Gasteiger partial charge in [-0.1, -0.05) is 0 Å². The predicted octanol–water partition coefficient (Wildman–Crippen LogP) is 1.38. The van der Waals surface area contributed by atoms with E-state index in [1.165, 1.54) is 23.3 Å². The molecule has 2 rings (SSSR count). The third kappa shape index (κ3) is 2.46. The molecule has 2 heterocycles. The monoisotopic (exact) mass is 254 g/mol. The Morgan fingerprint density at radius 1 is 1.38 bits per heavy atom. The first kappa shape index (κ1) is 11.2. The highest BCUT2D eigenvalue weighted by Gasteiger charge is 2.08. The van der Waals surface area contributed by atoms with Crippen LogP contribution in [0, 0.1) is 13.8 Å². The first-order valence-electron chi connectivity index (χ1n) is 4.47. The van der Waals surface area contributed by atoms with E-state index in [1.807, 2.05) is 13.8 Å². The summed E-state index contributed by atoms with van der Waals surface area (Å²) in [4.78, 5) is 12.5. The van der Waals surface area contributed by atoms with Crippen LogP contribution in [0.3, 0.4) is 0 Å². The van der Waals surface area contributed by atoms with E-state index >= 15 is 0 Å². The summed E-state index contributed by atoms with van der Waals surface area (Å²) in [5.74, 6) is 6.43. The maximum Gasteiger partial charge on any atom is 0.238 e. The molecule has 16 heavy (non-hydrogen) atoms. The van der Waals surface area contributed by atoms with Crippen molar-refractivity contribution >= 4 is 29.2 Å². The number of hydrazine groups is 1. The number of nitrogens with one attached hydrogen (secondary N) is 1. The Kier molecular flexibility index (Phi) is 3.32. The Morgan fingerprint density at radius 3 is 2.81 bits per heavy atom. The molecule has 0 saturated heterocycles. The first-order valence-corrected chi connectivity index (χ1v) is 6.06. The van der Waals surface area contributed by atoms with E-state index in [1.54, 1.807) is 6.20 Å². The molecule has 0 fully saturated rings. The second-order valence-corrected chi connectivity index (χ2v) is 5.02. The number of nitrogens with two attached hydrogens (primary N) is 1. The van der Waals surface area contributed by atoms with Gasteiger partial charge in [0.15, 0.2) is 4.34 Å². The molecule has 0 radical (unpaired) electrons. The van der Waals surface area contributed by atoms with Crippen LogP contribution in [0.25, 0.3) is 0 Å². The Balaban J connectivity index is 2.26. The highest BCUT2D eigenvalue weighted by Crippen LogP contribution is 2.29. The molecule has 0 aliphatic heterocycles. The molecule has 0 atom stereocenters. The van der Waals surface area contributed by atoms with E-state index in [2.05, 4.69) is 24.8 Å². The zero-order valence-electron chi connectivity index (χ0n) is 8.76. The third-order valence-electron chi connectivity index (χ3n) is 1.75. The molecule has 0 bridgehead atoms. The number of nitrogens with zero attached hydrogens (tertiary/aromatic N) is 4. The lowest BCUT2D eigenvalue weighted by atomic mass is 10.4. The van der Waals surface area contributed by atoms with Crippen LogP contribution in [0.5, 0.6) is 0 Å². The van der Waals surface area contributed by atoms with Crippen molar-refractivity contribution in [3.8, 4) is 0 Å². The molecule has 84 valence electrons. The average Bonchev–Trinajstić information content (AvgIpc) is 2.67. The van der Waals surface area contributed by atoms with Crippen molar-refractivity contribution < 1.29 is 0 Å². The van der Waals surface area contributed by atoms with Gasteiger partial charge < -0.3 is 0 Å². The Labute approximate surface area is 101 Å². The third-order valence-corrected chi connectivity index (χ3v) is 3.70. The number of hydrogen-bond donors (Lipinski definition) is 2. The molecule has 2 aromatic rings. The standard InChI is InChI=1S/C8H10N6S2/c1-4-3-10-7(13-9)12-6(4)15-8-11-5(2)14-16-8/h3H,9H2,1-2H3,(H,10,12,13). The van der Waals surface area contributed by atoms with Crippen LogP contribution in [0.15, 0.2) is 15.6 Å². The molecule has 0 aromatic carbocycles. The maximum atomic E-state index is 5.26. The molecule has 0 aliphatic rings. The fourth-order valence-electron chi connectivity index (χ4n) is 1.00. The van der Waals surface area contributed by atoms with E-state index in [-0.39, 0.29) is 0 Å². The lowest BCUT2D eigenvalue weighted by Gasteiger charge is -2.03. The van der Waals surface area contributed by atoms with E-state index in [0.29, 0.717) is 5.95 Å². The lowest BCUT2D eigenvalue weighted by Crippen LogP contribution is -2.10. The van der Waals surface area contributed by atoms with E-state index in [4.69, 9.17) is 5.84 Å². The summed E-state index contributed by atoms with van der Waals surface area (Å²) in [6.07, 6.45) is 1.72. The highest BCUT2D eigenvalue weighted by molar-refractivity contribution is 8.00. The van der Waals surface area contributed by atoms with Crippen LogP contribution in [0.2, 0.25) is 0 Å². The Hall–Kier alpha value is -1.25. The van der Waals surface area contributed by atoms with Crippen LogP contribution < -0.4 is 11.3 Å². The molecule has 0 saturated carbocycles. The molecule has 8 heteroatoms. The van der Waals surface area contributed by atoms with Gasteiger partial charge in [-0.15, -0.1) is 0 Å². The summed E-state index contributed by atoms with van der Waals surface area (Å²) in [5.41, 5.74) is 3.40. The summed E-state index contributed by atoms with van der Waals surface area (Å²) >= 11 is 2.82. The smallest absolute Gasteiger partial charge is 0.238 e. The molecule has 0 aliphatic carbocycles. The number of nitrogen functional groups attached to an aromatic ring is 1. The molecule has 3 N–H and O–H groups in total. The van der Waals surface area contributed by atoms with Crippen molar-refractivity contribution in [1.29, 1.82) is 0 Å². The van der Waals surface area contributed by atoms with Crippen molar-refractivity contribution in [2.75, 3.05) is 5.43 Å². The summed E-state index contributed by atoms with van der Waals surface area (Å²) in [7, 11) is 0. The number of aryl methyl sites for hydroxylation is 2. The van der Waals surface area contributed by atoms with Gasteiger partial charge in [0, 0.05) is 11.8 Å². The highest BCUT2D eigenvalue weighted by atomic mass is 32.2. The average molecular weight is 254 g/mol. The van der Waals surface area contributed by atoms with Crippen molar-refractivity contribution in [2.45, 2.75) is 23.2 Å². The van der Waals surface area contributed by atoms with Crippen molar-refractivity contribution in [1.82, 2.24) is 19.3 Å². The van der Waals surface area contributed by atoms with Crippen LogP contribution in [0.1, 0.15) is 11.4 Å². The molecule has 0 spiro atoms. The minimum Gasteiger partial charge on any atom is -0.292 e. The summed E-state index contributed by atoms with van der Waals surface area (Å²) in [5, 5.41) is 0.833. The van der Waals surface area contributed by atoms with Gasteiger partial charge in [0.1, 0.15) is 10.9 Å². The van der Waals surface area contributed by atoms with Crippen LogP contribution in [-0.2, 0) is 0 Å². The summed E-state index contributed by atoms with van der Waals surface area (Å²) < 4.78 is 4.97. The summed E-state index contributed by atoms with van der Waals surface area (Å²) in [6, 6.07) is 0. The number of anilines is 1. The number of aromatic nitrogens is 4. The lowest BCUT2D eigenvalue weighted by molar-refractivity contribution is 0.989. The van der Waals surface area contributed by atoms with Crippen LogP contribution in [0.4, 0.5) is 5.95 Å². The van der Waals surface area contributed by atoms with Crippen molar-refractivity contribution in [2.24, 2.45) is 5.84 Å². The first-order chi connectivity index (χ1) is 7.69. The fraction of sp³-hybridized carbons (Fsp3) is 0.250. The van der Waals surface area contributed by atoms with Crippen LogP contribution >= 0.6 is 23.3 Å². The van der Waals surface area contributed by atoms with Gasteiger partial charge in [0.25, 0.3) is 0 Å². The van der Waals surface area contributed by atoms with Gasteiger partial charge in [-0.25, -0.2) is 20.8 Å². The quantitative estimate of drug-likeness (QED) is 0.486. The van der Waals surface area contributed by atoms with Gasteiger partial charge in [-0.05, 0) is 37.1 Å². The molecule has 0 unspecified atom stereocenters. The normalized spacial score (nSPS) is 10.4. The number of rotatable bonds is 3. The minimum atomic E-state index is 0.398. The predicted molar refractivity (Wildman–Crippen MR) is 63.3 cm³/mol. The molecule has 6 nitrogen and oxygen atoms in total. The van der Waals surface area contributed by atoms with Gasteiger partial charge >= 0.3 is 0 Å². The zero-order chi connectivity index (χ0) is 11.5. The summed E-state index contributed by atoms with van der Waals surface area (Å²) in [6.45, 7) is 3.80. The maximum absolute atomic E-state index is 5.26. The van der Waals surface area contributed by atoms with E-state index < -0.39 is 0 Å². The van der Waals surface area contributed by atoms with Crippen molar-refractivity contribution in [3.05, 3.63) is 17.6 Å². The Morgan fingerprint density at radius 2 is 2.19 bits per heavy atom. The fourth-order valence-corrected chi connectivity index (χ4v) is 2.61. The van der Waals surface area contributed by atoms with Crippen LogP contribution in [-0.4, -0.2) is 19.3 Å². The van der Waals surface area contributed by atoms with Gasteiger partial charge in [0.05, 0.1) is 0 Å². The van der Waals surface area contributed by atoms with Gasteiger partial charge in [0.2, 0.25) is 5.95 Å². The van der Waals surface area contributed by atoms with E-state index in [9.17, 15) is 0 Å². The van der Waals surface area contributed by atoms with E-state index in [0.717, 1.165) is 20.8 Å². The molecular weight excluding hydrogens is 244 g/mol.